The number of carbonyl (C=O) groups excluding carboxylic acids is 1. The molecule has 1 amide bonds. The van der Waals surface area contributed by atoms with E-state index in [1.807, 2.05) is 32.9 Å². The first-order valence-corrected chi connectivity index (χ1v) is 6.98. The van der Waals surface area contributed by atoms with Gasteiger partial charge in [-0.2, -0.15) is 0 Å². The number of para-hydroxylation sites is 1. The second kappa shape index (κ2) is 6.18. The van der Waals surface area contributed by atoms with Gasteiger partial charge in [0.05, 0.1) is 13.2 Å². The summed E-state index contributed by atoms with van der Waals surface area (Å²) in [6.45, 7) is 5.82. The number of aryl methyl sites for hydroxylation is 1. The Balaban J connectivity index is 2.26. The van der Waals surface area contributed by atoms with E-state index < -0.39 is 6.10 Å². The SMILES string of the molecule is COc1cccc2c(C)c(C(=O)NCC(O)C(C)C)oc12. The zero-order valence-corrected chi connectivity index (χ0v) is 12.8. The summed E-state index contributed by atoms with van der Waals surface area (Å²) in [5, 5.41) is 13.3. The van der Waals surface area contributed by atoms with Crippen LogP contribution in [0.4, 0.5) is 0 Å². The minimum atomic E-state index is -0.576. The maximum absolute atomic E-state index is 12.2. The van der Waals surface area contributed by atoms with E-state index in [1.165, 1.54) is 0 Å². The van der Waals surface area contributed by atoms with Crippen LogP contribution in [-0.2, 0) is 0 Å². The van der Waals surface area contributed by atoms with Gasteiger partial charge in [0.2, 0.25) is 0 Å². The van der Waals surface area contributed by atoms with Crippen LogP contribution in [0.1, 0.15) is 30.0 Å². The first-order valence-electron chi connectivity index (χ1n) is 6.98. The van der Waals surface area contributed by atoms with Gasteiger partial charge in [0.1, 0.15) is 0 Å². The first kappa shape index (κ1) is 15.4. The van der Waals surface area contributed by atoms with Crippen LogP contribution in [0.5, 0.6) is 5.75 Å². The first-order chi connectivity index (χ1) is 9.95. The van der Waals surface area contributed by atoms with Crippen LogP contribution < -0.4 is 10.1 Å². The van der Waals surface area contributed by atoms with Crippen molar-refractivity contribution in [1.29, 1.82) is 0 Å². The van der Waals surface area contributed by atoms with Gasteiger partial charge in [0.15, 0.2) is 17.1 Å². The van der Waals surface area contributed by atoms with Crippen LogP contribution >= 0.6 is 0 Å². The summed E-state index contributed by atoms with van der Waals surface area (Å²) in [6, 6.07) is 5.53. The van der Waals surface area contributed by atoms with E-state index in [9.17, 15) is 9.90 Å². The maximum Gasteiger partial charge on any atom is 0.287 e. The minimum absolute atomic E-state index is 0.0853. The summed E-state index contributed by atoms with van der Waals surface area (Å²) < 4.78 is 10.9. The molecular formula is C16H21NO4. The summed E-state index contributed by atoms with van der Waals surface area (Å²) in [6.07, 6.45) is -0.576. The molecule has 2 aromatic rings. The number of rotatable bonds is 5. The summed E-state index contributed by atoms with van der Waals surface area (Å²) in [4.78, 5) is 12.2. The lowest BCUT2D eigenvalue weighted by molar-refractivity contribution is 0.0848. The van der Waals surface area contributed by atoms with Crippen LogP contribution in [-0.4, -0.2) is 30.8 Å². The Kier molecular flexibility index (Phi) is 4.53. The fraction of sp³-hybridized carbons (Fsp3) is 0.438. The molecule has 0 fully saturated rings. The summed E-state index contributed by atoms with van der Waals surface area (Å²) in [5.74, 6) is 0.606. The molecule has 21 heavy (non-hydrogen) atoms. The summed E-state index contributed by atoms with van der Waals surface area (Å²) in [7, 11) is 1.56. The van der Waals surface area contributed by atoms with E-state index in [0.29, 0.717) is 11.3 Å². The van der Waals surface area contributed by atoms with E-state index in [2.05, 4.69) is 5.32 Å². The molecule has 1 heterocycles. The molecule has 1 aromatic heterocycles. The molecule has 0 aliphatic carbocycles. The molecule has 1 aromatic carbocycles. The van der Waals surface area contributed by atoms with Crippen molar-refractivity contribution in [3.63, 3.8) is 0 Å². The number of furan rings is 1. The summed E-state index contributed by atoms with van der Waals surface area (Å²) >= 11 is 0. The Bertz CT molecular complexity index is 645. The molecule has 0 aliphatic heterocycles. The highest BCUT2D eigenvalue weighted by Gasteiger charge is 2.20. The van der Waals surface area contributed by atoms with E-state index >= 15 is 0 Å². The van der Waals surface area contributed by atoms with Crippen molar-refractivity contribution in [3.05, 3.63) is 29.5 Å². The normalized spacial score (nSPS) is 12.7. The second-order valence-electron chi connectivity index (χ2n) is 5.41. The fourth-order valence-electron chi connectivity index (χ4n) is 2.11. The molecule has 1 atom stereocenters. The highest BCUT2D eigenvalue weighted by Crippen LogP contribution is 2.32. The molecule has 1 unspecified atom stereocenters. The standard InChI is InChI=1S/C16H21NO4/c1-9(2)12(18)8-17-16(19)14-10(3)11-6-5-7-13(20-4)15(11)21-14/h5-7,9,12,18H,8H2,1-4H3,(H,17,19). The number of nitrogens with one attached hydrogen (secondary N) is 1. The predicted octanol–water partition coefficient (Wildman–Crippen LogP) is 2.50. The van der Waals surface area contributed by atoms with Crippen molar-refractivity contribution < 1.29 is 19.1 Å². The fourth-order valence-corrected chi connectivity index (χ4v) is 2.11. The van der Waals surface area contributed by atoms with Gasteiger partial charge < -0.3 is 19.6 Å². The largest absolute Gasteiger partial charge is 0.493 e. The van der Waals surface area contributed by atoms with Crippen LogP contribution in [0.15, 0.2) is 22.6 Å². The molecule has 2 rings (SSSR count). The lowest BCUT2D eigenvalue weighted by Crippen LogP contribution is -2.34. The van der Waals surface area contributed by atoms with Gasteiger partial charge >= 0.3 is 0 Å². The quantitative estimate of drug-likeness (QED) is 0.888. The molecule has 0 spiro atoms. The topological polar surface area (TPSA) is 71.7 Å². The van der Waals surface area contributed by atoms with Crippen LogP contribution in [0.25, 0.3) is 11.0 Å². The number of fused-ring (bicyclic) bond motifs is 1. The molecule has 2 N–H and O–H groups in total. The van der Waals surface area contributed by atoms with Gasteiger partial charge in [0.25, 0.3) is 5.91 Å². The number of methoxy groups -OCH3 is 1. The van der Waals surface area contributed by atoms with Crippen molar-refractivity contribution in [1.82, 2.24) is 5.32 Å². The number of aliphatic hydroxyl groups excluding tert-OH is 1. The van der Waals surface area contributed by atoms with Crippen molar-refractivity contribution in [3.8, 4) is 5.75 Å². The number of ether oxygens (including phenoxy) is 1. The van der Waals surface area contributed by atoms with Gasteiger partial charge in [-0.05, 0) is 18.9 Å². The highest BCUT2D eigenvalue weighted by molar-refractivity contribution is 6.00. The Morgan fingerprint density at radius 3 is 2.76 bits per heavy atom. The molecular weight excluding hydrogens is 270 g/mol. The summed E-state index contributed by atoms with van der Waals surface area (Å²) in [5.41, 5.74) is 1.33. The lowest BCUT2D eigenvalue weighted by atomic mass is 10.1. The second-order valence-corrected chi connectivity index (χ2v) is 5.41. The highest BCUT2D eigenvalue weighted by atomic mass is 16.5. The van der Waals surface area contributed by atoms with E-state index in [1.54, 1.807) is 13.2 Å². The van der Waals surface area contributed by atoms with E-state index in [4.69, 9.17) is 9.15 Å². The Morgan fingerprint density at radius 2 is 2.14 bits per heavy atom. The maximum atomic E-state index is 12.2. The molecule has 0 saturated heterocycles. The van der Waals surface area contributed by atoms with Crippen molar-refractivity contribution in [2.75, 3.05) is 13.7 Å². The Hall–Kier alpha value is -2.01. The van der Waals surface area contributed by atoms with Crippen LogP contribution in [0, 0.1) is 12.8 Å². The zero-order chi connectivity index (χ0) is 15.6. The average Bonchev–Trinajstić information content (AvgIpc) is 2.81. The number of amides is 1. The monoisotopic (exact) mass is 291 g/mol. The molecule has 5 heteroatoms. The zero-order valence-electron chi connectivity index (χ0n) is 12.8. The average molecular weight is 291 g/mol. The molecule has 0 bridgehead atoms. The molecule has 0 saturated carbocycles. The van der Waals surface area contributed by atoms with Gasteiger partial charge in [-0.3, -0.25) is 4.79 Å². The third-order valence-corrected chi connectivity index (χ3v) is 3.60. The number of benzene rings is 1. The van der Waals surface area contributed by atoms with Crippen molar-refractivity contribution in [2.24, 2.45) is 5.92 Å². The Labute approximate surface area is 123 Å². The third-order valence-electron chi connectivity index (χ3n) is 3.60. The number of carbonyl (C=O) groups is 1. The van der Waals surface area contributed by atoms with Gasteiger partial charge in [-0.1, -0.05) is 26.0 Å². The smallest absolute Gasteiger partial charge is 0.287 e. The van der Waals surface area contributed by atoms with Crippen LogP contribution in [0.2, 0.25) is 0 Å². The van der Waals surface area contributed by atoms with Gasteiger partial charge in [-0.25, -0.2) is 0 Å². The number of hydrogen-bond donors (Lipinski definition) is 2. The molecule has 114 valence electrons. The predicted molar refractivity (Wildman–Crippen MR) is 80.7 cm³/mol. The molecule has 5 nitrogen and oxygen atoms in total. The van der Waals surface area contributed by atoms with E-state index in [-0.39, 0.29) is 24.1 Å². The third kappa shape index (κ3) is 3.03. The lowest BCUT2D eigenvalue weighted by Gasteiger charge is -2.14. The van der Waals surface area contributed by atoms with Crippen molar-refractivity contribution in [2.45, 2.75) is 26.9 Å². The van der Waals surface area contributed by atoms with Crippen molar-refractivity contribution >= 4 is 16.9 Å². The Morgan fingerprint density at radius 1 is 1.43 bits per heavy atom. The number of aliphatic hydroxyl groups is 1. The van der Waals surface area contributed by atoms with Gasteiger partial charge in [-0.15, -0.1) is 0 Å². The minimum Gasteiger partial charge on any atom is -0.493 e. The molecule has 0 radical (unpaired) electrons. The van der Waals surface area contributed by atoms with Gasteiger partial charge in [0, 0.05) is 17.5 Å². The van der Waals surface area contributed by atoms with E-state index in [0.717, 1.165) is 10.9 Å². The number of hydrogen-bond acceptors (Lipinski definition) is 4. The van der Waals surface area contributed by atoms with Crippen LogP contribution in [0.3, 0.4) is 0 Å². The molecule has 0 aliphatic rings.